The van der Waals surface area contributed by atoms with Crippen LogP contribution in [-0.4, -0.2) is 15.7 Å². The Bertz CT molecular complexity index is 292. The summed E-state index contributed by atoms with van der Waals surface area (Å²) in [7, 11) is -1.83. The lowest BCUT2D eigenvalue weighted by Crippen LogP contribution is -2.00. The fourth-order valence-electron chi connectivity index (χ4n) is 1.19. The number of hydrogen-bond acceptors (Lipinski definition) is 2. The van der Waals surface area contributed by atoms with Crippen LogP contribution in [0, 0.1) is 0 Å². The first kappa shape index (κ1) is 9.78. The molecule has 0 spiro atoms. The zero-order valence-electron chi connectivity index (χ0n) is 8.09. The topological polar surface area (TPSA) is 29.4 Å². The van der Waals surface area contributed by atoms with Crippen molar-refractivity contribution in [2.75, 3.05) is 11.5 Å². The quantitative estimate of drug-likeness (QED) is 0.620. The fraction of sp³-hybridized carbons (Fsp3) is 0.778. The van der Waals surface area contributed by atoms with Crippen LogP contribution in [-0.2, 0) is 9.73 Å². The number of rotatable bonds is 1. The summed E-state index contributed by atoms with van der Waals surface area (Å²) in [5.41, 5.74) is 2.13. The van der Waals surface area contributed by atoms with Crippen LogP contribution < -0.4 is 0 Å². The van der Waals surface area contributed by atoms with Gasteiger partial charge in [-0.1, -0.05) is 5.57 Å². The smallest absolute Gasteiger partial charge is 0.0512 e. The maximum Gasteiger partial charge on any atom is 0.0512 e. The standard InChI is InChI=1S/C9H17NOS/c1-8(2)9(3)10-12(11)6-4-5-7-12/h4-7H2,1-3H3. The molecule has 70 valence electrons. The van der Waals surface area contributed by atoms with E-state index in [9.17, 15) is 4.21 Å². The van der Waals surface area contributed by atoms with Gasteiger partial charge < -0.3 is 0 Å². The molecule has 0 radical (unpaired) electrons. The van der Waals surface area contributed by atoms with Crippen LogP contribution in [0.1, 0.15) is 33.6 Å². The average molecular weight is 187 g/mol. The van der Waals surface area contributed by atoms with Gasteiger partial charge in [-0.25, -0.2) is 8.57 Å². The summed E-state index contributed by atoms with van der Waals surface area (Å²) in [6, 6.07) is 0. The Kier molecular flexibility index (Phi) is 2.94. The van der Waals surface area contributed by atoms with Crippen LogP contribution in [0.3, 0.4) is 0 Å². The minimum atomic E-state index is -1.83. The van der Waals surface area contributed by atoms with Crippen molar-refractivity contribution in [2.24, 2.45) is 4.36 Å². The second-order valence-electron chi connectivity index (χ2n) is 3.56. The van der Waals surface area contributed by atoms with E-state index in [1.54, 1.807) is 0 Å². The normalized spacial score (nSPS) is 20.6. The zero-order valence-corrected chi connectivity index (χ0v) is 8.91. The average Bonchev–Trinajstić information content (AvgIpc) is 2.35. The van der Waals surface area contributed by atoms with E-state index in [4.69, 9.17) is 0 Å². The van der Waals surface area contributed by atoms with E-state index in [0.29, 0.717) is 0 Å². The van der Waals surface area contributed by atoms with Crippen molar-refractivity contribution in [3.05, 3.63) is 11.3 Å². The predicted molar refractivity (Wildman–Crippen MR) is 53.6 cm³/mol. The molecule has 1 aliphatic rings. The summed E-state index contributed by atoms with van der Waals surface area (Å²) in [5.74, 6) is 1.61. The summed E-state index contributed by atoms with van der Waals surface area (Å²) < 4.78 is 16.2. The van der Waals surface area contributed by atoms with Gasteiger partial charge in [0.1, 0.15) is 0 Å². The van der Waals surface area contributed by atoms with E-state index in [1.165, 1.54) is 5.57 Å². The molecular weight excluding hydrogens is 170 g/mol. The van der Waals surface area contributed by atoms with Crippen LogP contribution in [0.25, 0.3) is 0 Å². The summed E-state index contributed by atoms with van der Waals surface area (Å²) in [5, 5.41) is 0. The lowest BCUT2D eigenvalue weighted by molar-refractivity contribution is 0.680. The highest BCUT2D eigenvalue weighted by Gasteiger charge is 2.15. The van der Waals surface area contributed by atoms with Crippen LogP contribution in [0.2, 0.25) is 0 Å². The molecule has 0 N–H and O–H groups in total. The van der Waals surface area contributed by atoms with E-state index in [0.717, 1.165) is 30.0 Å². The van der Waals surface area contributed by atoms with E-state index in [2.05, 4.69) is 4.36 Å². The lowest BCUT2D eigenvalue weighted by Gasteiger charge is -2.01. The third-order valence-electron chi connectivity index (χ3n) is 2.20. The molecule has 3 heteroatoms. The van der Waals surface area contributed by atoms with Crippen molar-refractivity contribution in [2.45, 2.75) is 33.6 Å². The van der Waals surface area contributed by atoms with Crippen LogP contribution in [0.15, 0.2) is 15.6 Å². The molecular formula is C9H17NOS. The summed E-state index contributed by atoms with van der Waals surface area (Å²) >= 11 is 0. The summed E-state index contributed by atoms with van der Waals surface area (Å²) in [4.78, 5) is 0. The molecule has 0 aromatic heterocycles. The number of nitrogens with zero attached hydrogens (tertiary/aromatic N) is 1. The van der Waals surface area contributed by atoms with Gasteiger partial charge in [-0.3, -0.25) is 0 Å². The minimum absolute atomic E-state index is 0.803. The fourth-order valence-corrected chi connectivity index (χ4v) is 3.57. The second-order valence-corrected chi connectivity index (χ2v) is 6.11. The first-order valence-electron chi connectivity index (χ1n) is 4.40. The maximum atomic E-state index is 11.9. The molecule has 0 saturated carbocycles. The van der Waals surface area contributed by atoms with Crippen molar-refractivity contribution in [3.63, 3.8) is 0 Å². The molecule has 1 saturated heterocycles. The molecule has 0 aromatic carbocycles. The zero-order chi connectivity index (χ0) is 9.19. The van der Waals surface area contributed by atoms with Crippen molar-refractivity contribution >= 4 is 9.73 Å². The molecule has 2 nitrogen and oxygen atoms in total. The number of hydrogen-bond donors (Lipinski definition) is 0. The van der Waals surface area contributed by atoms with Crippen LogP contribution in [0.5, 0.6) is 0 Å². The second kappa shape index (κ2) is 3.60. The lowest BCUT2D eigenvalue weighted by atomic mass is 10.3. The van der Waals surface area contributed by atoms with E-state index in [-0.39, 0.29) is 0 Å². The third-order valence-corrected chi connectivity index (χ3v) is 4.66. The van der Waals surface area contributed by atoms with Gasteiger partial charge in [0.25, 0.3) is 0 Å². The molecule has 0 amide bonds. The van der Waals surface area contributed by atoms with E-state index < -0.39 is 9.73 Å². The highest BCUT2D eigenvalue weighted by molar-refractivity contribution is 7.93. The van der Waals surface area contributed by atoms with Crippen molar-refractivity contribution in [1.29, 1.82) is 0 Å². The predicted octanol–water partition coefficient (Wildman–Crippen LogP) is 2.56. The first-order valence-corrected chi connectivity index (χ1v) is 6.25. The molecule has 0 bridgehead atoms. The Morgan fingerprint density at radius 1 is 1.17 bits per heavy atom. The monoisotopic (exact) mass is 187 g/mol. The Morgan fingerprint density at radius 2 is 1.67 bits per heavy atom. The van der Waals surface area contributed by atoms with E-state index in [1.807, 2.05) is 20.8 Å². The molecule has 1 heterocycles. The Morgan fingerprint density at radius 3 is 2.08 bits per heavy atom. The SMILES string of the molecule is CC(C)=C(C)N=S1(=O)CCCC1. The maximum absolute atomic E-state index is 11.9. The molecule has 12 heavy (non-hydrogen) atoms. The molecule has 0 atom stereocenters. The van der Waals surface area contributed by atoms with Gasteiger partial charge in [0.05, 0.1) is 9.73 Å². The summed E-state index contributed by atoms with van der Waals surface area (Å²) in [6.45, 7) is 5.97. The van der Waals surface area contributed by atoms with Gasteiger partial charge in [0.15, 0.2) is 0 Å². The van der Waals surface area contributed by atoms with Gasteiger partial charge in [0.2, 0.25) is 0 Å². The third kappa shape index (κ3) is 2.34. The molecule has 1 aliphatic heterocycles. The van der Waals surface area contributed by atoms with Crippen molar-refractivity contribution in [3.8, 4) is 0 Å². The van der Waals surface area contributed by atoms with Crippen LogP contribution >= 0.6 is 0 Å². The molecule has 0 unspecified atom stereocenters. The minimum Gasteiger partial charge on any atom is -0.249 e. The van der Waals surface area contributed by atoms with Crippen LogP contribution in [0.4, 0.5) is 0 Å². The van der Waals surface area contributed by atoms with Gasteiger partial charge in [0, 0.05) is 17.2 Å². The molecule has 1 fully saturated rings. The number of allylic oxidation sites excluding steroid dienone is 2. The first-order chi connectivity index (χ1) is 5.53. The molecule has 0 aliphatic carbocycles. The Hall–Kier alpha value is -0.310. The Balaban J connectivity index is 2.95. The molecule has 0 aromatic rings. The van der Waals surface area contributed by atoms with Gasteiger partial charge in [-0.05, 0) is 33.6 Å². The Labute approximate surface area is 75.2 Å². The van der Waals surface area contributed by atoms with Gasteiger partial charge in [-0.2, -0.15) is 0 Å². The summed E-state index contributed by atoms with van der Waals surface area (Å²) in [6.07, 6.45) is 2.16. The molecule has 1 rings (SSSR count). The largest absolute Gasteiger partial charge is 0.249 e. The van der Waals surface area contributed by atoms with E-state index >= 15 is 0 Å². The highest BCUT2D eigenvalue weighted by atomic mass is 32.2. The van der Waals surface area contributed by atoms with Crippen molar-refractivity contribution < 1.29 is 4.21 Å². The van der Waals surface area contributed by atoms with Gasteiger partial charge >= 0.3 is 0 Å². The van der Waals surface area contributed by atoms with Gasteiger partial charge in [-0.15, -0.1) is 0 Å². The highest BCUT2D eigenvalue weighted by Crippen LogP contribution is 2.17. The van der Waals surface area contributed by atoms with Crippen molar-refractivity contribution in [1.82, 2.24) is 0 Å².